The maximum Gasteiger partial charge on any atom is 0.283 e. The minimum atomic E-state index is -2.89. The average Bonchev–Trinajstić information content (AvgIpc) is 2.51. The lowest BCUT2D eigenvalue weighted by Gasteiger charge is -2.19. The molecule has 2 atom stereocenters. The van der Waals surface area contributed by atoms with Crippen molar-refractivity contribution in [3.63, 3.8) is 0 Å². The third-order valence-corrected chi connectivity index (χ3v) is 4.29. The summed E-state index contributed by atoms with van der Waals surface area (Å²) in [6.07, 6.45) is 6.02. The van der Waals surface area contributed by atoms with Crippen molar-refractivity contribution < 1.29 is 8.78 Å². The summed E-state index contributed by atoms with van der Waals surface area (Å²) in [7, 11) is 1.59. The van der Waals surface area contributed by atoms with E-state index in [0.717, 1.165) is 23.4 Å². The van der Waals surface area contributed by atoms with Crippen molar-refractivity contribution in [2.24, 2.45) is 5.92 Å². The van der Waals surface area contributed by atoms with E-state index in [9.17, 15) is 8.78 Å². The highest BCUT2D eigenvalue weighted by atomic mass is 31.0. The summed E-state index contributed by atoms with van der Waals surface area (Å²) in [6, 6.07) is 6.55. The van der Waals surface area contributed by atoms with Crippen molar-refractivity contribution in [2.45, 2.75) is 52.1 Å². The zero-order chi connectivity index (χ0) is 17.5. The van der Waals surface area contributed by atoms with Crippen LogP contribution in [0.5, 0.6) is 0 Å². The van der Waals surface area contributed by atoms with E-state index in [2.05, 4.69) is 25.7 Å². The van der Waals surface area contributed by atoms with Crippen LogP contribution in [0.3, 0.4) is 0 Å². The van der Waals surface area contributed by atoms with Gasteiger partial charge in [0.1, 0.15) is 0 Å². The first-order valence-corrected chi connectivity index (χ1v) is 8.72. The van der Waals surface area contributed by atoms with Crippen LogP contribution in [0.25, 0.3) is 0 Å². The highest BCUT2D eigenvalue weighted by Gasteiger charge is 2.24. The van der Waals surface area contributed by atoms with Crippen LogP contribution in [0.2, 0.25) is 0 Å². The van der Waals surface area contributed by atoms with Crippen LogP contribution in [0.15, 0.2) is 48.3 Å². The molecule has 0 saturated heterocycles. The number of allylic oxidation sites excluding steroid dienone is 3. The van der Waals surface area contributed by atoms with Gasteiger partial charge in [0.05, 0.1) is 0 Å². The lowest BCUT2D eigenvalue weighted by molar-refractivity contribution is 0.104. The van der Waals surface area contributed by atoms with Gasteiger partial charge >= 0.3 is 0 Å². The summed E-state index contributed by atoms with van der Waals surface area (Å²) in [5.74, 6) is 0.396. The summed E-state index contributed by atoms with van der Waals surface area (Å²) in [5.41, 5.74) is -0.0379. The molecule has 1 nitrogen and oxygen atoms in total. The first-order chi connectivity index (χ1) is 10.8. The van der Waals surface area contributed by atoms with Crippen molar-refractivity contribution >= 4 is 9.24 Å². The maximum absolute atomic E-state index is 13.4. The molecule has 0 radical (unpaired) electrons. The van der Waals surface area contributed by atoms with Gasteiger partial charge in [-0.2, -0.15) is 8.78 Å². The van der Waals surface area contributed by atoms with Gasteiger partial charge in [0.15, 0.2) is 0 Å². The van der Waals surface area contributed by atoms with Gasteiger partial charge in [0.2, 0.25) is 0 Å². The molecular formula is C19H28F2NP. The topological polar surface area (TPSA) is 12.0 Å². The number of hydrogen-bond donors (Lipinski definition) is 1. The Kier molecular flexibility index (Phi) is 7.91. The fourth-order valence-corrected chi connectivity index (χ4v) is 2.52. The van der Waals surface area contributed by atoms with E-state index < -0.39 is 5.66 Å². The first kappa shape index (κ1) is 19.8. The Morgan fingerprint density at radius 2 is 2.13 bits per heavy atom. The monoisotopic (exact) mass is 339 g/mol. The predicted molar refractivity (Wildman–Crippen MR) is 98.5 cm³/mol. The Labute approximate surface area is 141 Å². The minimum absolute atomic E-state index is 0.0191. The van der Waals surface area contributed by atoms with Crippen LogP contribution in [0, 0.1) is 5.92 Å². The van der Waals surface area contributed by atoms with Crippen molar-refractivity contribution in [1.82, 2.24) is 5.32 Å². The van der Waals surface area contributed by atoms with Crippen molar-refractivity contribution in [3.8, 4) is 0 Å². The van der Waals surface area contributed by atoms with E-state index in [4.69, 9.17) is 0 Å². The third-order valence-electron chi connectivity index (χ3n) is 3.96. The molecule has 1 N–H and O–H groups in total. The molecule has 0 heterocycles. The number of hydrogen-bond acceptors (Lipinski definition) is 1. The molecule has 0 aliphatic heterocycles. The highest BCUT2D eigenvalue weighted by Crippen LogP contribution is 2.35. The summed E-state index contributed by atoms with van der Waals surface area (Å²) in [4.78, 5) is 0. The molecule has 0 aliphatic carbocycles. The number of nitrogens with one attached hydrogen (secondary N) is 1. The van der Waals surface area contributed by atoms with Gasteiger partial charge in [-0.1, -0.05) is 66.8 Å². The van der Waals surface area contributed by atoms with Gasteiger partial charge in [-0.3, -0.25) is 0 Å². The lowest BCUT2D eigenvalue weighted by Crippen LogP contribution is -2.19. The standard InChI is InChI=1S/C19H28F2NP/c1-5-7-9-14(3)15(4)22-18(6-2)13-16-10-8-11-17(12-16)19(20,21)23/h6,8,10-12,14,22H,4-5,7,9,13,23H2,1-3H3/b18-6-. The minimum Gasteiger partial charge on any atom is -0.363 e. The Morgan fingerprint density at radius 3 is 2.70 bits per heavy atom. The number of benzene rings is 1. The summed E-state index contributed by atoms with van der Waals surface area (Å²) >= 11 is 0. The van der Waals surface area contributed by atoms with Crippen LogP contribution < -0.4 is 5.32 Å². The van der Waals surface area contributed by atoms with E-state index in [-0.39, 0.29) is 5.56 Å². The van der Waals surface area contributed by atoms with E-state index in [1.54, 1.807) is 21.4 Å². The number of alkyl halides is 2. The smallest absolute Gasteiger partial charge is 0.283 e. The number of rotatable bonds is 9. The van der Waals surface area contributed by atoms with E-state index in [1.807, 2.05) is 19.1 Å². The van der Waals surface area contributed by atoms with Crippen LogP contribution in [0.1, 0.15) is 51.2 Å². The second kappa shape index (κ2) is 9.17. The van der Waals surface area contributed by atoms with Gasteiger partial charge in [-0.15, -0.1) is 0 Å². The third kappa shape index (κ3) is 6.83. The molecule has 0 aliphatic rings. The van der Waals surface area contributed by atoms with Gasteiger partial charge in [-0.05, 0) is 30.9 Å². The van der Waals surface area contributed by atoms with Crippen molar-refractivity contribution in [2.75, 3.05) is 0 Å². The Balaban J connectivity index is 2.72. The fourth-order valence-electron chi connectivity index (χ4n) is 2.34. The molecule has 1 aromatic carbocycles. The van der Waals surface area contributed by atoms with Gasteiger partial charge in [0, 0.05) is 23.4 Å². The fraction of sp³-hybridized carbons (Fsp3) is 0.474. The van der Waals surface area contributed by atoms with Gasteiger partial charge in [-0.25, -0.2) is 0 Å². The first-order valence-electron chi connectivity index (χ1n) is 8.15. The van der Waals surface area contributed by atoms with Crippen molar-refractivity contribution in [1.29, 1.82) is 0 Å². The molecule has 1 rings (SSSR count). The molecule has 128 valence electrons. The SMILES string of the molecule is C=C(N/C(=C\C)Cc1cccc(C(F)(F)P)c1)C(C)CCCC. The van der Waals surface area contributed by atoms with E-state index >= 15 is 0 Å². The number of halogens is 2. The molecule has 0 bridgehead atoms. The molecule has 0 fully saturated rings. The zero-order valence-electron chi connectivity index (χ0n) is 14.3. The second-order valence-electron chi connectivity index (χ2n) is 6.01. The maximum atomic E-state index is 13.4. The zero-order valence-corrected chi connectivity index (χ0v) is 15.5. The molecule has 4 heteroatoms. The molecular weight excluding hydrogens is 311 g/mol. The molecule has 2 unspecified atom stereocenters. The van der Waals surface area contributed by atoms with Crippen molar-refractivity contribution in [3.05, 3.63) is 59.4 Å². The summed E-state index contributed by atoms with van der Waals surface area (Å²) < 4.78 is 26.8. The average molecular weight is 339 g/mol. The summed E-state index contributed by atoms with van der Waals surface area (Å²) in [6.45, 7) is 10.4. The Bertz CT molecular complexity index is 547. The molecule has 0 aromatic heterocycles. The van der Waals surface area contributed by atoms with Crippen LogP contribution >= 0.6 is 9.24 Å². The summed E-state index contributed by atoms with van der Waals surface area (Å²) in [5, 5.41) is 3.36. The molecule has 0 spiro atoms. The largest absolute Gasteiger partial charge is 0.363 e. The molecule has 23 heavy (non-hydrogen) atoms. The lowest BCUT2D eigenvalue weighted by atomic mass is 10.0. The van der Waals surface area contributed by atoms with Crippen LogP contribution in [-0.4, -0.2) is 0 Å². The second-order valence-corrected chi connectivity index (χ2v) is 6.73. The van der Waals surface area contributed by atoms with E-state index in [1.165, 1.54) is 18.9 Å². The van der Waals surface area contributed by atoms with Crippen LogP contribution in [0.4, 0.5) is 8.78 Å². The normalized spacial score (nSPS) is 13.7. The quantitative estimate of drug-likeness (QED) is 0.545. The highest BCUT2D eigenvalue weighted by molar-refractivity contribution is 7.17. The molecule has 0 saturated carbocycles. The van der Waals surface area contributed by atoms with Gasteiger partial charge in [0.25, 0.3) is 5.66 Å². The molecule has 0 amide bonds. The molecule has 1 aromatic rings. The number of unbranched alkanes of at least 4 members (excludes halogenated alkanes) is 1. The van der Waals surface area contributed by atoms with Gasteiger partial charge < -0.3 is 5.32 Å². The van der Waals surface area contributed by atoms with Crippen LogP contribution in [-0.2, 0) is 12.1 Å². The Hall–Kier alpha value is -1.21. The Morgan fingerprint density at radius 1 is 1.43 bits per heavy atom. The predicted octanol–water partition coefficient (Wildman–Crippen LogP) is 5.99. The van der Waals surface area contributed by atoms with E-state index in [0.29, 0.717) is 12.3 Å².